The van der Waals surface area contributed by atoms with Crippen LogP contribution in [0.1, 0.15) is 36.6 Å². The molecule has 0 aromatic heterocycles. The quantitative estimate of drug-likeness (QED) is 0.207. The largest absolute Gasteiger partial charge is 0.507 e. The van der Waals surface area contributed by atoms with Gasteiger partial charge in [-0.15, -0.1) is 0 Å². The minimum absolute atomic E-state index is 0.105. The number of phenols is 1. The van der Waals surface area contributed by atoms with Crippen molar-refractivity contribution in [3.8, 4) is 17.2 Å². The standard InChI is InChI=1S/C29H27ClFNO6/c1-3-37-20-10-11-22(30)21(16-20)27(34)25-26(18-7-12-23(33)24(15-18)38-4-2)32(29(36)28(25)35)14-13-17-5-8-19(31)9-6-17/h5-12,15-16,26,33-34H,3-4,13-14H2,1-2H3/b27-25+. The highest BCUT2D eigenvalue weighted by atomic mass is 35.5. The van der Waals surface area contributed by atoms with Crippen LogP contribution in [0, 0.1) is 5.82 Å². The molecule has 0 bridgehead atoms. The van der Waals surface area contributed by atoms with Crippen molar-refractivity contribution in [3.05, 3.63) is 93.8 Å². The number of nitrogens with zero attached hydrogens (tertiary/aromatic N) is 1. The maximum Gasteiger partial charge on any atom is 0.295 e. The van der Waals surface area contributed by atoms with Crippen LogP contribution in [0.3, 0.4) is 0 Å². The Balaban J connectivity index is 1.84. The van der Waals surface area contributed by atoms with E-state index in [-0.39, 0.29) is 46.6 Å². The number of phenolic OH excluding ortho intramolecular Hbond substituents is 1. The second-order valence-corrected chi connectivity index (χ2v) is 9.01. The van der Waals surface area contributed by atoms with E-state index in [1.165, 1.54) is 41.3 Å². The average Bonchev–Trinajstić information content (AvgIpc) is 3.15. The highest BCUT2D eigenvalue weighted by Gasteiger charge is 2.46. The van der Waals surface area contributed by atoms with Crippen molar-refractivity contribution in [1.29, 1.82) is 0 Å². The fourth-order valence-electron chi connectivity index (χ4n) is 4.42. The van der Waals surface area contributed by atoms with Gasteiger partial charge in [0.1, 0.15) is 17.3 Å². The number of hydrogen-bond donors (Lipinski definition) is 2. The Morgan fingerprint density at radius 3 is 2.39 bits per heavy atom. The summed E-state index contributed by atoms with van der Waals surface area (Å²) in [6.45, 7) is 4.33. The van der Waals surface area contributed by atoms with Crippen molar-refractivity contribution in [1.82, 2.24) is 4.90 Å². The van der Waals surface area contributed by atoms with Crippen molar-refractivity contribution >= 4 is 29.1 Å². The van der Waals surface area contributed by atoms with E-state index in [0.29, 0.717) is 24.3 Å². The number of ether oxygens (including phenoxy) is 2. The number of benzene rings is 3. The maximum atomic E-state index is 13.4. The Bertz CT molecular complexity index is 1390. The predicted molar refractivity (Wildman–Crippen MR) is 141 cm³/mol. The molecule has 2 N–H and O–H groups in total. The van der Waals surface area contributed by atoms with Crippen LogP contribution in [0.25, 0.3) is 5.76 Å². The summed E-state index contributed by atoms with van der Waals surface area (Å²) in [5.74, 6) is -2.01. The van der Waals surface area contributed by atoms with Crippen LogP contribution in [0.15, 0.2) is 66.2 Å². The van der Waals surface area contributed by atoms with Crippen LogP contribution in [-0.4, -0.2) is 46.6 Å². The van der Waals surface area contributed by atoms with E-state index in [1.54, 1.807) is 31.2 Å². The Morgan fingerprint density at radius 1 is 1.00 bits per heavy atom. The lowest BCUT2D eigenvalue weighted by atomic mass is 9.94. The first-order chi connectivity index (χ1) is 18.2. The first kappa shape index (κ1) is 27.0. The number of aromatic hydroxyl groups is 1. The molecule has 1 amide bonds. The molecule has 1 aliphatic heterocycles. The van der Waals surface area contributed by atoms with E-state index in [9.17, 15) is 24.2 Å². The topological polar surface area (TPSA) is 96.3 Å². The van der Waals surface area contributed by atoms with Gasteiger partial charge in [0.15, 0.2) is 11.5 Å². The number of carbonyl (C=O) groups is 2. The molecule has 198 valence electrons. The fourth-order valence-corrected chi connectivity index (χ4v) is 4.62. The van der Waals surface area contributed by atoms with Gasteiger partial charge in [-0.3, -0.25) is 9.59 Å². The van der Waals surface area contributed by atoms with Crippen molar-refractivity contribution in [2.45, 2.75) is 26.3 Å². The van der Waals surface area contributed by atoms with Crippen LogP contribution in [0.4, 0.5) is 4.39 Å². The molecular weight excluding hydrogens is 513 g/mol. The van der Waals surface area contributed by atoms with Crippen molar-refractivity contribution in [3.63, 3.8) is 0 Å². The Labute approximate surface area is 224 Å². The first-order valence-electron chi connectivity index (χ1n) is 12.2. The zero-order valence-electron chi connectivity index (χ0n) is 20.9. The van der Waals surface area contributed by atoms with Gasteiger partial charge < -0.3 is 24.6 Å². The molecule has 1 saturated heterocycles. The average molecular weight is 540 g/mol. The third kappa shape index (κ3) is 5.45. The third-order valence-electron chi connectivity index (χ3n) is 6.20. The van der Waals surface area contributed by atoms with E-state index >= 15 is 0 Å². The van der Waals surface area contributed by atoms with Gasteiger partial charge in [-0.25, -0.2) is 4.39 Å². The number of aliphatic hydroxyl groups is 1. The molecule has 9 heteroatoms. The Kier molecular flexibility index (Phi) is 8.22. The summed E-state index contributed by atoms with van der Waals surface area (Å²) >= 11 is 6.38. The number of likely N-dealkylation sites (tertiary alicyclic amines) is 1. The number of halogens is 2. The summed E-state index contributed by atoms with van der Waals surface area (Å²) in [4.78, 5) is 28.0. The molecule has 38 heavy (non-hydrogen) atoms. The molecule has 0 aliphatic carbocycles. The SMILES string of the molecule is CCOc1ccc(Cl)c(/C(O)=C2\C(=O)C(=O)N(CCc3ccc(F)cc3)C2c2ccc(O)c(OCC)c2)c1. The zero-order valence-corrected chi connectivity index (χ0v) is 21.7. The molecule has 1 atom stereocenters. The van der Waals surface area contributed by atoms with Crippen LogP contribution < -0.4 is 9.47 Å². The molecular formula is C29H27ClFNO6. The number of hydrogen-bond acceptors (Lipinski definition) is 6. The van der Waals surface area contributed by atoms with Crippen LogP contribution in [0.5, 0.6) is 17.2 Å². The summed E-state index contributed by atoms with van der Waals surface area (Å²) < 4.78 is 24.4. The van der Waals surface area contributed by atoms with Crippen molar-refractivity contribution in [2.75, 3.05) is 19.8 Å². The summed E-state index contributed by atoms with van der Waals surface area (Å²) in [5, 5.41) is 21.8. The number of carbonyl (C=O) groups excluding carboxylic acids is 2. The molecule has 4 rings (SSSR count). The number of rotatable bonds is 9. The van der Waals surface area contributed by atoms with E-state index in [0.717, 1.165) is 5.56 Å². The Hall–Kier alpha value is -4.04. The molecule has 1 unspecified atom stereocenters. The number of Topliss-reactive ketones (excluding diaryl/α,β-unsaturated/α-hetero) is 1. The molecule has 1 aliphatic rings. The van der Waals surface area contributed by atoms with Crippen LogP contribution >= 0.6 is 11.6 Å². The smallest absolute Gasteiger partial charge is 0.295 e. The monoisotopic (exact) mass is 539 g/mol. The van der Waals surface area contributed by atoms with Gasteiger partial charge >= 0.3 is 0 Å². The Morgan fingerprint density at radius 2 is 1.71 bits per heavy atom. The molecule has 1 heterocycles. The predicted octanol–water partition coefficient (Wildman–Crippen LogP) is 5.65. The summed E-state index contributed by atoms with van der Waals surface area (Å²) in [5.41, 5.74) is 1.20. The van der Waals surface area contributed by atoms with Gasteiger partial charge in [0.2, 0.25) is 0 Å². The van der Waals surface area contributed by atoms with Gasteiger partial charge in [0.05, 0.1) is 29.9 Å². The third-order valence-corrected chi connectivity index (χ3v) is 6.53. The lowest BCUT2D eigenvalue weighted by Gasteiger charge is -2.26. The molecule has 7 nitrogen and oxygen atoms in total. The highest BCUT2D eigenvalue weighted by Crippen LogP contribution is 2.43. The van der Waals surface area contributed by atoms with E-state index in [1.807, 2.05) is 6.92 Å². The number of amides is 1. The molecule has 3 aromatic rings. The van der Waals surface area contributed by atoms with E-state index < -0.39 is 23.5 Å². The van der Waals surface area contributed by atoms with Crippen LogP contribution in [0.2, 0.25) is 5.02 Å². The van der Waals surface area contributed by atoms with Crippen LogP contribution in [-0.2, 0) is 16.0 Å². The van der Waals surface area contributed by atoms with Gasteiger partial charge in [-0.2, -0.15) is 0 Å². The molecule has 0 radical (unpaired) electrons. The van der Waals surface area contributed by atoms with Gasteiger partial charge in [0, 0.05) is 12.1 Å². The van der Waals surface area contributed by atoms with Crippen molar-refractivity contribution in [2.24, 2.45) is 0 Å². The molecule has 0 spiro atoms. The first-order valence-corrected chi connectivity index (χ1v) is 12.5. The normalized spacial score (nSPS) is 16.6. The fraction of sp³-hybridized carbons (Fsp3) is 0.241. The van der Waals surface area contributed by atoms with Gasteiger partial charge in [-0.1, -0.05) is 29.8 Å². The summed E-state index contributed by atoms with van der Waals surface area (Å²) in [6.07, 6.45) is 0.334. The highest BCUT2D eigenvalue weighted by molar-refractivity contribution is 6.47. The lowest BCUT2D eigenvalue weighted by molar-refractivity contribution is -0.139. The minimum atomic E-state index is -0.998. The summed E-state index contributed by atoms with van der Waals surface area (Å²) in [7, 11) is 0. The van der Waals surface area contributed by atoms with Crippen molar-refractivity contribution < 1.29 is 33.7 Å². The molecule has 0 saturated carbocycles. The number of ketones is 1. The van der Waals surface area contributed by atoms with E-state index in [4.69, 9.17) is 21.1 Å². The lowest BCUT2D eigenvalue weighted by Crippen LogP contribution is -2.31. The molecule has 1 fully saturated rings. The van der Waals surface area contributed by atoms with Gasteiger partial charge in [0.25, 0.3) is 11.7 Å². The molecule has 3 aromatic carbocycles. The maximum absolute atomic E-state index is 13.4. The van der Waals surface area contributed by atoms with E-state index in [2.05, 4.69) is 0 Å². The summed E-state index contributed by atoms with van der Waals surface area (Å²) in [6, 6.07) is 14.0. The minimum Gasteiger partial charge on any atom is -0.507 e. The second-order valence-electron chi connectivity index (χ2n) is 8.60. The second kappa shape index (κ2) is 11.6. The van der Waals surface area contributed by atoms with Gasteiger partial charge in [-0.05, 0) is 73.9 Å². The zero-order chi connectivity index (χ0) is 27.4. The number of aliphatic hydroxyl groups excluding tert-OH is 1.